The van der Waals surface area contributed by atoms with E-state index in [9.17, 15) is 23.1 Å². The molecule has 1 saturated carbocycles. The lowest BCUT2D eigenvalue weighted by molar-refractivity contribution is -0.150. The Morgan fingerprint density at radius 2 is 2.00 bits per heavy atom. The van der Waals surface area contributed by atoms with Gasteiger partial charge in [0.2, 0.25) is 0 Å². The molecule has 0 atom stereocenters. The Morgan fingerprint density at radius 1 is 1.39 bits per heavy atom. The minimum Gasteiger partial charge on any atom is -0.481 e. The van der Waals surface area contributed by atoms with Crippen LogP contribution >= 0.6 is 0 Å². The van der Waals surface area contributed by atoms with Gasteiger partial charge < -0.3 is 5.11 Å². The molecule has 2 rings (SSSR count). The lowest BCUT2D eigenvalue weighted by atomic mass is 9.59. The monoisotopic (exact) mass is 258 g/mol. The number of hydrogen-bond acceptors (Lipinski definition) is 1. The van der Waals surface area contributed by atoms with E-state index >= 15 is 0 Å². The number of aliphatic carboxylic acids is 1. The molecule has 0 saturated heterocycles. The van der Waals surface area contributed by atoms with E-state index in [-0.39, 0.29) is 11.5 Å². The highest BCUT2D eigenvalue weighted by Gasteiger charge is 2.50. The molecular formula is C13H13F3O2. The maximum atomic E-state index is 12.6. The van der Waals surface area contributed by atoms with E-state index in [2.05, 4.69) is 0 Å². The van der Waals surface area contributed by atoms with Crippen LogP contribution in [0.5, 0.6) is 0 Å². The molecule has 5 heteroatoms. The Bertz CT molecular complexity index is 473. The van der Waals surface area contributed by atoms with Crippen LogP contribution in [-0.2, 0) is 16.4 Å². The van der Waals surface area contributed by atoms with Gasteiger partial charge in [-0.3, -0.25) is 4.79 Å². The molecule has 1 aliphatic carbocycles. The average molecular weight is 258 g/mol. The number of carbonyl (C=O) groups is 1. The van der Waals surface area contributed by atoms with Crippen molar-refractivity contribution in [3.05, 3.63) is 35.4 Å². The van der Waals surface area contributed by atoms with Gasteiger partial charge in [0, 0.05) is 0 Å². The topological polar surface area (TPSA) is 37.3 Å². The van der Waals surface area contributed by atoms with Crippen LogP contribution in [-0.4, -0.2) is 11.1 Å². The fraction of sp³-hybridized carbons (Fsp3) is 0.462. The summed E-state index contributed by atoms with van der Waals surface area (Å²) in [5.41, 5.74) is -1.68. The van der Waals surface area contributed by atoms with Crippen molar-refractivity contribution in [1.29, 1.82) is 0 Å². The smallest absolute Gasteiger partial charge is 0.416 e. The molecule has 0 heterocycles. The molecule has 0 bridgehead atoms. The van der Waals surface area contributed by atoms with Crippen LogP contribution in [0.15, 0.2) is 24.3 Å². The third kappa shape index (κ3) is 1.98. The normalized spacial score (nSPS) is 27.7. The standard InChI is InChI=1S/C13H13F3O2/c1-8-6-12(7-8,11(17)18)9-3-2-4-10(5-9)13(14,15)16/h2-5,8H,6-7H2,1H3,(H,17,18). The Hall–Kier alpha value is -1.52. The maximum Gasteiger partial charge on any atom is 0.416 e. The highest BCUT2D eigenvalue weighted by atomic mass is 19.4. The van der Waals surface area contributed by atoms with E-state index in [1.807, 2.05) is 6.92 Å². The summed E-state index contributed by atoms with van der Waals surface area (Å²) in [4.78, 5) is 11.3. The quantitative estimate of drug-likeness (QED) is 0.882. The van der Waals surface area contributed by atoms with Gasteiger partial charge in [-0.2, -0.15) is 13.2 Å². The van der Waals surface area contributed by atoms with Crippen molar-refractivity contribution in [2.45, 2.75) is 31.4 Å². The lowest BCUT2D eigenvalue weighted by Crippen LogP contribution is -2.47. The molecule has 0 unspecified atom stereocenters. The number of alkyl halides is 3. The van der Waals surface area contributed by atoms with E-state index in [1.54, 1.807) is 0 Å². The summed E-state index contributed by atoms with van der Waals surface area (Å²) in [6, 6.07) is 4.65. The van der Waals surface area contributed by atoms with Gasteiger partial charge in [-0.05, 0) is 30.4 Å². The molecule has 18 heavy (non-hydrogen) atoms. The number of carboxylic acid groups (broad SMARTS) is 1. The van der Waals surface area contributed by atoms with Crippen LogP contribution < -0.4 is 0 Å². The van der Waals surface area contributed by atoms with Gasteiger partial charge in [0.15, 0.2) is 0 Å². The largest absolute Gasteiger partial charge is 0.481 e. The maximum absolute atomic E-state index is 12.6. The molecule has 1 aromatic rings. The van der Waals surface area contributed by atoms with E-state index in [1.165, 1.54) is 12.1 Å². The predicted molar refractivity (Wildman–Crippen MR) is 59.2 cm³/mol. The van der Waals surface area contributed by atoms with Crippen LogP contribution in [0.4, 0.5) is 13.2 Å². The second-order valence-electron chi connectivity index (χ2n) is 4.98. The Labute approximate surface area is 102 Å². The Balaban J connectivity index is 2.42. The fourth-order valence-electron chi connectivity index (χ4n) is 2.66. The summed E-state index contributed by atoms with van der Waals surface area (Å²) in [6.45, 7) is 1.90. The molecule has 1 N–H and O–H groups in total. The van der Waals surface area contributed by atoms with Gasteiger partial charge >= 0.3 is 12.1 Å². The van der Waals surface area contributed by atoms with E-state index in [4.69, 9.17) is 0 Å². The number of halogens is 3. The minimum absolute atomic E-state index is 0.232. The molecule has 0 aliphatic heterocycles. The number of benzene rings is 1. The molecule has 0 aromatic heterocycles. The van der Waals surface area contributed by atoms with Gasteiger partial charge in [-0.1, -0.05) is 25.1 Å². The zero-order valence-electron chi connectivity index (χ0n) is 9.79. The second kappa shape index (κ2) is 4.00. The summed E-state index contributed by atoms with van der Waals surface area (Å²) >= 11 is 0. The molecule has 0 amide bonds. The number of carboxylic acids is 1. The number of rotatable bonds is 2. The summed E-state index contributed by atoms with van der Waals surface area (Å²) in [7, 11) is 0. The SMILES string of the molecule is CC1CC(C(=O)O)(c2cccc(C(F)(F)F)c2)C1. The van der Waals surface area contributed by atoms with Crippen molar-refractivity contribution in [2.24, 2.45) is 5.92 Å². The van der Waals surface area contributed by atoms with Gasteiger partial charge in [0.25, 0.3) is 0 Å². The first kappa shape index (κ1) is 12.9. The highest BCUT2D eigenvalue weighted by molar-refractivity contribution is 5.82. The summed E-state index contributed by atoms with van der Waals surface area (Å²) in [5, 5.41) is 9.27. The molecule has 2 nitrogen and oxygen atoms in total. The van der Waals surface area contributed by atoms with Crippen molar-refractivity contribution in [2.75, 3.05) is 0 Å². The highest BCUT2D eigenvalue weighted by Crippen LogP contribution is 2.48. The molecule has 1 aromatic carbocycles. The van der Waals surface area contributed by atoms with Crippen molar-refractivity contribution in [1.82, 2.24) is 0 Å². The van der Waals surface area contributed by atoms with Gasteiger partial charge in [-0.15, -0.1) is 0 Å². The molecule has 0 spiro atoms. The summed E-state index contributed by atoms with van der Waals surface area (Å²) in [5.74, 6) is -0.810. The fourth-order valence-corrected chi connectivity index (χ4v) is 2.66. The van der Waals surface area contributed by atoms with Crippen LogP contribution in [0, 0.1) is 5.92 Å². The van der Waals surface area contributed by atoms with Crippen molar-refractivity contribution < 1.29 is 23.1 Å². The summed E-state index contributed by atoms with van der Waals surface area (Å²) < 4.78 is 37.8. The third-order valence-corrected chi connectivity index (χ3v) is 3.55. The van der Waals surface area contributed by atoms with Crippen LogP contribution in [0.25, 0.3) is 0 Å². The van der Waals surface area contributed by atoms with Crippen LogP contribution in [0.1, 0.15) is 30.9 Å². The zero-order valence-corrected chi connectivity index (χ0v) is 9.79. The van der Waals surface area contributed by atoms with Crippen molar-refractivity contribution >= 4 is 5.97 Å². The first-order valence-electron chi connectivity index (χ1n) is 5.67. The summed E-state index contributed by atoms with van der Waals surface area (Å²) in [6.07, 6.45) is -3.65. The average Bonchev–Trinajstić information content (AvgIpc) is 2.23. The molecule has 98 valence electrons. The molecule has 0 radical (unpaired) electrons. The molecule has 1 aliphatic rings. The first-order chi connectivity index (χ1) is 8.25. The van der Waals surface area contributed by atoms with E-state index in [0.717, 1.165) is 12.1 Å². The minimum atomic E-state index is -4.44. The van der Waals surface area contributed by atoms with Gasteiger partial charge in [0.1, 0.15) is 0 Å². The van der Waals surface area contributed by atoms with E-state index < -0.39 is 23.1 Å². The molecular weight excluding hydrogens is 245 g/mol. The Kier molecular flexibility index (Phi) is 2.87. The van der Waals surface area contributed by atoms with Crippen molar-refractivity contribution in [3.63, 3.8) is 0 Å². The first-order valence-corrected chi connectivity index (χ1v) is 5.67. The molecule has 1 fully saturated rings. The van der Waals surface area contributed by atoms with E-state index in [0.29, 0.717) is 12.8 Å². The third-order valence-electron chi connectivity index (χ3n) is 3.55. The van der Waals surface area contributed by atoms with Crippen molar-refractivity contribution in [3.8, 4) is 0 Å². The zero-order chi connectivity index (χ0) is 13.6. The van der Waals surface area contributed by atoms with Crippen LogP contribution in [0.2, 0.25) is 0 Å². The van der Waals surface area contributed by atoms with Gasteiger partial charge in [0.05, 0.1) is 11.0 Å². The van der Waals surface area contributed by atoms with Gasteiger partial charge in [-0.25, -0.2) is 0 Å². The Morgan fingerprint density at radius 3 is 2.44 bits per heavy atom. The lowest BCUT2D eigenvalue weighted by Gasteiger charge is -2.43. The predicted octanol–water partition coefficient (Wildman–Crippen LogP) is 3.46. The number of hydrogen-bond donors (Lipinski definition) is 1. The van der Waals surface area contributed by atoms with Crippen LogP contribution in [0.3, 0.4) is 0 Å². The second-order valence-corrected chi connectivity index (χ2v) is 4.98.